The summed E-state index contributed by atoms with van der Waals surface area (Å²) >= 11 is 0. The number of aryl methyl sites for hydroxylation is 1. The van der Waals surface area contributed by atoms with E-state index >= 15 is 0 Å². The Bertz CT molecular complexity index is 820. The van der Waals surface area contributed by atoms with Crippen LogP contribution in [0, 0.1) is 6.92 Å². The van der Waals surface area contributed by atoms with Gasteiger partial charge in [-0.25, -0.2) is 14.1 Å². The van der Waals surface area contributed by atoms with Crippen molar-refractivity contribution in [2.75, 3.05) is 0 Å². The summed E-state index contributed by atoms with van der Waals surface area (Å²) in [6.07, 6.45) is 0. The number of rotatable bonds is 2. The molecule has 3 aromatic rings. The fourth-order valence-corrected chi connectivity index (χ4v) is 2.64. The van der Waals surface area contributed by atoms with Gasteiger partial charge in [-0.15, -0.1) is 0 Å². The molecule has 0 fully saturated rings. The number of H-pyrrole nitrogens is 1. The Labute approximate surface area is 110 Å². The predicted molar refractivity (Wildman–Crippen MR) is 69.5 cm³/mol. The number of aromatic nitrogens is 4. The van der Waals surface area contributed by atoms with Crippen molar-refractivity contribution in [2.24, 2.45) is 0 Å². The van der Waals surface area contributed by atoms with E-state index in [1.54, 1.807) is 24.3 Å². The molecule has 96 valence electrons. The van der Waals surface area contributed by atoms with Crippen molar-refractivity contribution in [3.05, 3.63) is 52.4 Å². The first kappa shape index (κ1) is 11.8. The minimum atomic E-state index is -1.42. The molecule has 0 spiro atoms. The second-order valence-electron chi connectivity index (χ2n) is 4.05. The fourth-order valence-electron chi connectivity index (χ4n) is 1.67. The molecule has 7 heteroatoms. The van der Waals surface area contributed by atoms with E-state index in [0.717, 1.165) is 10.1 Å². The lowest BCUT2D eigenvalue weighted by molar-refractivity contribution is 0.675. The fraction of sp³-hybridized carbons (Fsp3) is 0.0833. The number of fused-ring (bicyclic) bond motifs is 1. The van der Waals surface area contributed by atoms with Crippen LogP contribution in [-0.2, 0) is 10.8 Å². The van der Waals surface area contributed by atoms with E-state index in [-0.39, 0.29) is 0 Å². The minimum Gasteiger partial charge on any atom is -0.247 e. The highest BCUT2D eigenvalue weighted by molar-refractivity contribution is 7.85. The number of hydrogen-bond acceptors (Lipinski definition) is 4. The van der Waals surface area contributed by atoms with Crippen molar-refractivity contribution in [3.8, 4) is 0 Å². The summed E-state index contributed by atoms with van der Waals surface area (Å²) in [5, 5.41) is 10.4. The van der Waals surface area contributed by atoms with E-state index in [1.165, 1.54) is 0 Å². The first-order valence-corrected chi connectivity index (χ1v) is 6.73. The molecule has 1 N–H and O–H groups in total. The molecule has 6 nitrogen and oxygen atoms in total. The standard InChI is InChI=1S/C12H10N4O2S/c1-8-2-4-9(5-3-8)19(18)11-7-6-10-13-14-12(17)16(10)15-11/h2-7H,1H3,(H,14,17). The van der Waals surface area contributed by atoms with Crippen molar-refractivity contribution in [1.29, 1.82) is 0 Å². The van der Waals surface area contributed by atoms with Gasteiger partial charge in [-0.05, 0) is 31.2 Å². The molecule has 1 atom stereocenters. The Hall–Kier alpha value is -2.28. The SMILES string of the molecule is Cc1ccc(S(=O)c2ccc3n[nH]c(=O)n3n2)cc1. The summed E-state index contributed by atoms with van der Waals surface area (Å²) in [6, 6.07) is 10.6. The number of aromatic amines is 1. The first-order chi connectivity index (χ1) is 9.15. The normalized spacial score (nSPS) is 12.7. The van der Waals surface area contributed by atoms with Gasteiger partial charge in [0.25, 0.3) is 0 Å². The largest absolute Gasteiger partial charge is 0.364 e. The van der Waals surface area contributed by atoms with Crippen molar-refractivity contribution in [1.82, 2.24) is 19.8 Å². The molecule has 0 aliphatic rings. The summed E-state index contributed by atoms with van der Waals surface area (Å²) in [4.78, 5) is 12.1. The van der Waals surface area contributed by atoms with Crippen LogP contribution in [0.1, 0.15) is 5.56 Å². The first-order valence-electron chi connectivity index (χ1n) is 5.58. The summed E-state index contributed by atoms with van der Waals surface area (Å²) in [5.74, 6) is 0. The molecular weight excluding hydrogens is 264 g/mol. The van der Waals surface area contributed by atoms with E-state index in [0.29, 0.717) is 15.6 Å². The molecule has 2 aromatic heterocycles. The second-order valence-corrected chi connectivity index (χ2v) is 5.48. The predicted octanol–water partition coefficient (Wildman–Crippen LogP) is 0.893. The summed E-state index contributed by atoms with van der Waals surface area (Å²) < 4.78 is 13.4. The van der Waals surface area contributed by atoms with Crippen molar-refractivity contribution in [3.63, 3.8) is 0 Å². The number of benzene rings is 1. The molecule has 0 aliphatic carbocycles. The molecule has 2 heterocycles. The second kappa shape index (κ2) is 4.43. The molecule has 0 bridgehead atoms. The van der Waals surface area contributed by atoms with E-state index in [4.69, 9.17) is 0 Å². The van der Waals surface area contributed by atoms with Crippen LogP contribution in [0.2, 0.25) is 0 Å². The lowest BCUT2D eigenvalue weighted by atomic mass is 10.2. The smallest absolute Gasteiger partial charge is 0.247 e. The monoisotopic (exact) mass is 274 g/mol. The minimum absolute atomic E-state index is 0.319. The molecule has 19 heavy (non-hydrogen) atoms. The van der Waals surface area contributed by atoms with Crippen LogP contribution >= 0.6 is 0 Å². The van der Waals surface area contributed by atoms with Crippen molar-refractivity contribution in [2.45, 2.75) is 16.8 Å². The van der Waals surface area contributed by atoms with Gasteiger partial charge in [-0.3, -0.25) is 0 Å². The summed E-state index contributed by atoms with van der Waals surface area (Å²) in [6.45, 7) is 1.96. The highest BCUT2D eigenvalue weighted by Crippen LogP contribution is 2.14. The van der Waals surface area contributed by atoms with Crippen LogP contribution < -0.4 is 5.69 Å². The maximum atomic E-state index is 12.3. The van der Waals surface area contributed by atoms with E-state index in [9.17, 15) is 9.00 Å². The number of hydrogen-bond donors (Lipinski definition) is 1. The van der Waals surface area contributed by atoms with E-state index in [2.05, 4.69) is 15.3 Å². The molecule has 0 radical (unpaired) electrons. The lowest BCUT2D eigenvalue weighted by Crippen LogP contribution is -2.13. The van der Waals surface area contributed by atoms with Crippen LogP contribution in [0.25, 0.3) is 5.65 Å². The lowest BCUT2D eigenvalue weighted by Gasteiger charge is -2.02. The summed E-state index contributed by atoms with van der Waals surface area (Å²) in [7, 11) is -1.42. The molecule has 3 rings (SSSR count). The third-order valence-electron chi connectivity index (χ3n) is 2.67. The number of nitrogens with one attached hydrogen (secondary N) is 1. The Morgan fingerprint density at radius 2 is 1.89 bits per heavy atom. The van der Waals surface area contributed by atoms with Crippen LogP contribution in [0.3, 0.4) is 0 Å². The average molecular weight is 274 g/mol. The van der Waals surface area contributed by atoms with Gasteiger partial charge in [0, 0.05) is 4.90 Å². The molecule has 0 saturated carbocycles. The van der Waals surface area contributed by atoms with Crippen LogP contribution in [0.15, 0.2) is 51.1 Å². The number of nitrogens with zero attached hydrogens (tertiary/aromatic N) is 3. The molecule has 1 unspecified atom stereocenters. The molecule has 0 aliphatic heterocycles. The molecule has 1 aromatic carbocycles. The highest BCUT2D eigenvalue weighted by atomic mass is 32.2. The van der Waals surface area contributed by atoms with Crippen LogP contribution in [0.5, 0.6) is 0 Å². The van der Waals surface area contributed by atoms with Gasteiger partial charge in [0.15, 0.2) is 10.7 Å². The maximum absolute atomic E-state index is 12.3. The zero-order valence-electron chi connectivity index (χ0n) is 10.0. The van der Waals surface area contributed by atoms with Crippen LogP contribution in [0.4, 0.5) is 0 Å². The van der Waals surface area contributed by atoms with Gasteiger partial charge in [-0.2, -0.15) is 14.7 Å². The van der Waals surface area contributed by atoms with Crippen molar-refractivity contribution < 1.29 is 4.21 Å². The highest BCUT2D eigenvalue weighted by Gasteiger charge is 2.11. The third-order valence-corrected chi connectivity index (χ3v) is 3.97. The van der Waals surface area contributed by atoms with E-state index < -0.39 is 16.5 Å². The van der Waals surface area contributed by atoms with Gasteiger partial charge in [0.1, 0.15) is 10.8 Å². The average Bonchev–Trinajstić information content (AvgIpc) is 2.80. The van der Waals surface area contributed by atoms with Crippen molar-refractivity contribution >= 4 is 16.4 Å². The Balaban J connectivity index is 2.08. The van der Waals surface area contributed by atoms with E-state index in [1.807, 2.05) is 19.1 Å². The Morgan fingerprint density at radius 1 is 1.16 bits per heavy atom. The van der Waals surface area contributed by atoms with Gasteiger partial charge in [0.2, 0.25) is 0 Å². The van der Waals surface area contributed by atoms with Gasteiger partial charge in [0.05, 0.1) is 0 Å². The third kappa shape index (κ3) is 2.08. The molecule has 0 saturated heterocycles. The van der Waals surface area contributed by atoms with Gasteiger partial charge >= 0.3 is 5.69 Å². The quantitative estimate of drug-likeness (QED) is 0.752. The molecular formula is C12H10N4O2S. The van der Waals surface area contributed by atoms with Gasteiger partial charge < -0.3 is 0 Å². The zero-order chi connectivity index (χ0) is 13.4. The zero-order valence-corrected chi connectivity index (χ0v) is 10.8. The molecule has 0 amide bonds. The van der Waals surface area contributed by atoms with Crippen LogP contribution in [-0.4, -0.2) is 24.0 Å². The topological polar surface area (TPSA) is 80.1 Å². The summed E-state index contributed by atoms with van der Waals surface area (Å²) in [5.41, 5.74) is 1.04. The Morgan fingerprint density at radius 3 is 2.63 bits per heavy atom. The van der Waals surface area contributed by atoms with Gasteiger partial charge in [-0.1, -0.05) is 17.7 Å². The maximum Gasteiger partial charge on any atom is 0.364 e. The Kier molecular flexibility index (Phi) is 2.75.